The van der Waals surface area contributed by atoms with Crippen LogP contribution in [-0.4, -0.2) is 32.4 Å². The minimum absolute atomic E-state index is 0.0933. The molecule has 3 N–H and O–H groups in total. The van der Waals surface area contributed by atoms with Crippen LogP contribution in [0.5, 0.6) is 11.5 Å². The van der Waals surface area contributed by atoms with E-state index < -0.39 is 16.1 Å². The van der Waals surface area contributed by atoms with Gasteiger partial charge in [0.2, 0.25) is 0 Å². The fourth-order valence-corrected chi connectivity index (χ4v) is 3.45. The van der Waals surface area contributed by atoms with Crippen molar-refractivity contribution in [1.82, 2.24) is 15.0 Å². The standard InChI is InChI=1S/C20H17ClN4O5S/c1-22-19(26)18-12-16(10-11-23-18)30-15-6-4-14(5-7-15)24-20(27)25-31(28,29)17-8-2-13(21)3-9-17/h2-12H,1H3,(H,22,26)(H2,24,25,27). The molecule has 0 saturated carbocycles. The Morgan fingerprint density at radius 2 is 1.65 bits per heavy atom. The molecule has 3 aromatic rings. The molecule has 11 heteroatoms. The van der Waals surface area contributed by atoms with Crippen molar-refractivity contribution in [2.45, 2.75) is 4.90 Å². The number of rotatable bonds is 6. The minimum Gasteiger partial charge on any atom is -0.457 e. The first kappa shape index (κ1) is 22.1. The van der Waals surface area contributed by atoms with Gasteiger partial charge in [0.25, 0.3) is 15.9 Å². The summed E-state index contributed by atoms with van der Waals surface area (Å²) >= 11 is 5.74. The second-order valence-electron chi connectivity index (χ2n) is 6.10. The summed E-state index contributed by atoms with van der Waals surface area (Å²) in [6.45, 7) is 0. The highest BCUT2D eigenvalue weighted by Gasteiger charge is 2.17. The van der Waals surface area contributed by atoms with E-state index in [1.54, 1.807) is 18.2 Å². The predicted octanol–water partition coefficient (Wildman–Crippen LogP) is 3.40. The van der Waals surface area contributed by atoms with E-state index in [0.29, 0.717) is 22.2 Å². The molecule has 2 aromatic carbocycles. The number of carbonyl (C=O) groups excluding carboxylic acids is 2. The molecule has 0 atom stereocenters. The number of nitrogens with one attached hydrogen (secondary N) is 3. The summed E-state index contributed by atoms with van der Waals surface area (Å²) in [5.74, 6) is 0.500. The van der Waals surface area contributed by atoms with E-state index in [0.717, 1.165) is 0 Å². The number of carbonyl (C=O) groups is 2. The third-order valence-electron chi connectivity index (χ3n) is 3.89. The molecule has 160 valence electrons. The third kappa shape index (κ3) is 5.93. The number of nitrogens with zero attached hydrogens (tertiary/aromatic N) is 1. The molecule has 3 amide bonds. The van der Waals surface area contributed by atoms with Crippen LogP contribution in [0.2, 0.25) is 5.02 Å². The maximum absolute atomic E-state index is 12.2. The van der Waals surface area contributed by atoms with Gasteiger partial charge in [-0.15, -0.1) is 0 Å². The summed E-state index contributed by atoms with van der Waals surface area (Å²) < 4.78 is 32.0. The van der Waals surface area contributed by atoms with Gasteiger partial charge in [-0.2, -0.15) is 0 Å². The van der Waals surface area contributed by atoms with Crippen LogP contribution in [0.25, 0.3) is 0 Å². The Labute approximate surface area is 183 Å². The van der Waals surface area contributed by atoms with Gasteiger partial charge in [0.1, 0.15) is 17.2 Å². The van der Waals surface area contributed by atoms with E-state index in [1.165, 1.54) is 55.7 Å². The van der Waals surface area contributed by atoms with Crippen molar-refractivity contribution >= 4 is 39.2 Å². The van der Waals surface area contributed by atoms with Crippen molar-refractivity contribution in [3.8, 4) is 11.5 Å². The van der Waals surface area contributed by atoms with Crippen molar-refractivity contribution in [2.75, 3.05) is 12.4 Å². The van der Waals surface area contributed by atoms with Crippen LogP contribution < -0.4 is 20.1 Å². The lowest BCUT2D eigenvalue weighted by Crippen LogP contribution is -2.34. The summed E-state index contributed by atoms with van der Waals surface area (Å²) in [6, 6.07) is 13.8. The van der Waals surface area contributed by atoms with Crippen LogP contribution in [-0.2, 0) is 10.0 Å². The molecule has 0 saturated heterocycles. The zero-order valence-electron chi connectivity index (χ0n) is 16.1. The Bertz CT molecular complexity index is 1200. The SMILES string of the molecule is CNC(=O)c1cc(Oc2ccc(NC(=O)NS(=O)(=O)c3ccc(Cl)cc3)cc2)ccn1. The average molecular weight is 461 g/mol. The van der Waals surface area contributed by atoms with Gasteiger partial charge >= 0.3 is 6.03 Å². The van der Waals surface area contributed by atoms with E-state index >= 15 is 0 Å². The molecule has 0 aliphatic carbocycles. The number of halogens is 1. The normalized spacial score (nSPS) is 10.8. The molecule has 31 heavy (non-hydrogen) atoms. The summed E-state index contributed by atoms with van der Waals surface area (Å²) in [7, 11) is -2.54. The number of sulfonamides is 1. The Hall–Kier alpha value is -3.63. The number of urea groups is 1. The molecule has 0 unspecified atom stereocenters. The molecule has 1 aromatic heterocycles. The number of anilines is 1. The highest BCUT2D eigenvalue weighted by molar-refractivity contribution is 7.90. The van der Waals surface area contributed by atoms with E-state index in [1.807, 2.05) is 4.72 Å². The third-order valence-corrected chi connectivity index (χ3v) is 5.49. The zero-order chi connectivity index (χ0) is 22.4. The first-order valence-corrected chi connectivity index (χ1v) is 10.7. The zero-order valence-corrected chi connectivity index (χ0v) is 17.7. The smallest absolute Gasteiger partial charge is 0.333 e. The van der Waals surface area contributed by atoms with Crippen molar-refractivity contribution in [3.63, 3.8) is 0 Å². The lowest BCUT2D eigenvalue weighted by molar-refractivity contribution is 0.0957. The number of hydrogen-bond acceptors (Lipinski definition) is 6. The minimum atomic E-state index is -4.04. The quantitative estimate of drug-likeness (QED) is 0.517. The van der Waals surface area contributed by atoms with E-state index in [4.69, 9.17) is 16.3 Å². The van der Waals surface area contributed by atoms with Gasteiger partial charge in [-0.1, -0.05) is 11.6 Å². The number of amides is 3. The van der Waals surface area contributed by atoms with E-state index in [-0.39, 0.29) is 16.5 Å². The Morgan fingerprint density at radius 3 is 2.29 bits per heavy atom. The number of benzene rings is 2. The molecule has 0 aliphatic heterocycles. The van der Waals surface area contributed by atoms with Crippen LogP contribution in [0.4, 0.5) is 10.5 Å². The molecule has 0 spiro atoms. The lowest BCUT2D eigenvalue weighted by Gasteiger charge is -2.10. The number of aromatic nitrogens is 1. The van der Waals surface area contributed by atoms with Crippen molar-refractivity contribution in [3.05, 3.63) is 77.6 Å². The van der Waals surface area contributed by atoms with Crippen molar-refractivity contribution < 1.29 is 22.7 Å². The topological polar surface area (TPSA) is 126 Å². The molecule has 0 radical (unpaired) electrons. The second-order valence-corrected chi connectivity index (χ2v) is 8.21. The largest absolute Gasteiger partial charge is 0.457 e. The molecule has 3 rings (SSSR count). The van der Waals surface area contributed by atoms with Crippen LogP contribution in [0.1, 0.15) is 10.5 Å². The summed E-state index contributed by atoms with van der Waals surface area (Å²) in [6.07, 6.45) is 1.45. The fraction of sp³-hybridized carbons (Fsp3) is 0.0500. The Kier molecular flexibility index (Phi) is 6.73. The number of hydrogen-bond donors (Lipinski definition) is 3. The molecular weight excluding hydrogens is 444 g/mol. The molecule has 0 fully saturated rings. The first-order valence-electron chi connectivity index (χ1n) is 8.82. The van der Waals surface area contributed by atoms with Crippen LogP contribution in [0.15, 0.2) is 71.8 Å². The van der Waals surface area contributed by atoms with Crippen molar-refractivity contribution in [1.29, 1.82) is 0 Å². The molecule has 0 bridgehead atoms. The average Bonchev–Trinajstić information content (AvgIpc) is 2.74. The Balaban J connectivity index is 1.62. The number of pyridine rings is 1. The monoisotopic (exact) mass is 460 g/mol. The molecule has 0 aliphatic rings. The van der Waals surface area contributed by atoms with E-state index in [2.05, 4.69) is 15.6 Å². The first-order chi connectivity index (χ1) is 14.8. The van der Waals surface area contributed by atoms with Crippen LogP contribution >= 0.6 is 11.6 Å². The highest BCUT2D eigenvalue weighted by atomic mass is 35.5. The summed E-state index contributed by atoms with van der Waals surface area (Å²) in [5.41, 5.74) is 0.550. The number of ether oxygens (including phenoxy) is 1. The van der Waals surface area contributed by atoms with Gasteiger partial charge < -0.3 is 15.4 Å². The molecule has 1 heterocycles. The lowest BCUT2D eigenvalue weighted by atomic mass is 10.3. The van der Waals surface area contributed by atoms with Gasteiger partial charge in [-0.3, -0.25) is 9.78 Å². The van der Waals surface area contributed by atoms with Gasteiger partial charge in [-0.05, 0) is 54.6 Å². The van der Waals surface area contributed by atoms with Crippen LogP contribution in [0, 0.1) is 0 Å². The summed E-state index contributed by atoms with van der Waals surface area (Å²) in [4.78, 5) is 27.6. The van der Waals surface area contributed by atoms with Gasteiger partial charge in [0, 0.05) is 30.0 Å². The maximum Gasteiger partial charge on any atom is 0.333 e. The van der Waals surface area contributed by atoms with Crippen LogP contribution in [0.3, 0.4) is 0 Å². The van der Waals surface area contributed by atoms with Gasteiger partial charge in [-0.25, -0.2) is 17.9 Å². The van der Waals surface area contributed by atoms with Gasteiger partial charge in [0.05, 0.1) is 4.90 Å². The highest BCUT2D eigenvalue weighted by Crippen LogP contribution is 2.23. The summed E-state index contributed by atoms with van der Waals surface area (Å²) in [5, 5.41) is 5.28. The molecular formula is C20H17ClN4O5S. The predicted molar refractivity (Wildman–Crippen MR) is 115 cm³/mol. The molecule has 9 nitrogen and oxygen atoms in total. The van der Waals surface area contributed by atoms with E-state index in [9.17, 15) is 18.0 Å². The fourth-order valence-electron chi connectivity index (χ4n) is 2.42. The maximum atomic E-state index is 12.2. The van der Waals surface area contributed by atoms with Crippen molar-refractivity contribution in [2.24, 2.45) is 0 Å². The Morgan fingerprint density at radius 1 is 0.968 bits per heavy atom. The second kappa shape index (κ2) is 9.45. The van der Waals surface area contributed by atoms with Gasteiger partial charge in [0.15, 0.2) is 0 Å².